The molecular formula is C54H64N4O8S2. The molecule has 0 aliphatic heterocycles. The molecule has 0 bridgehead atoms. The van der Waals surface area contributed by atoms with Gasteiger partial charge in [0.1, 0.15) is 23.0 Å². The van der Waals surface area contributed by atoms with Crippen LogP contribution in [0.2, 0.25) is 0 Å². The van der Waals surface area contributed by atoms with Crippen molar-refractivity contribution in [3.63, 3.8) is 0 Å². The minimum atomic E-state index is -3.68. The molecule has 0 radical (unpaired) electrons. The lowest BCUT2D eigenvalue weighted by Crippen LogP contribution is -2.39. The molecule has 0 aliphatic carbocycles. The Morgan fingerprint density at radius 1 is 0.456 bits per heavy atom. The van der Waals surface area contributed by atoms with E-state index >= 15 is 0 Å². The van der Waals surface area contributed by atoms with Gasteiger partial charge >= 0.3 is 0 Å². The van der Waals surface area contributed by atoms with Crippen LogP contribution in [-0.4, -0.2) is 74.4 Å². The minimum Gasteiger partial charge on any atom is -0.497 e. The number of allylic oxidation sites excluding steroid dienone is 2. The highest BCUT2D eigenvalue weighted by Gasteiger charge is 2.34. The maximum atomic E-state index is 14.0. The molecule has 68 heavy (non-hydrogen) atoms. The maximum absolute atomic E-state index is 14.0. The lowest BCUT2D eigenvalue weighted by Gasteiger charge is -2.28. The predicted molar refractivity (Wildman–Crippen MR) is 271 cm³/mol. The Bertz CT molecular complexity index is 2350. The van der Waals surface area contributed by atoms with E-state index in [1.807, 2.05) is 133 Å². The summed E-state index contributed by atoms with van der Waals surface area (Å²) in [6.45, 7) is 8.59. The standard InChI is InChI=1S/2C27H32N2O4S/c2*1-4-5-9-27(19-24-8-6-7-18-28-24)34(30,31)29(20-22-10-14-25(32-2)15-11-22)21-23-12-16-26(33-3)17-13-23/h2*4,6-8,10-18,27H,1,5,9,19-21H2,2-3H3. The van der Waals surface area contributed by atoms with Crippen LogP contribution >= 0.6 is 0 Å². The summed E-state index contributed by atoms with van der Waals surface area (Å²) >= 11 is 0. The van der Waals surface area contributed by atoms with Gasteiger partial charge in [-0.25, -0.2) is 16.8 Å². The van der Waals surface area contributed by atoms with Crippen molar-refractivity contribution in [3.05, 3.63) is 205 Å². The maximum Gasteiger partial charge on any atom is 0.217 e. The van der Waals surface area contributed by atoms with Crippen LogP contribution in [0.15, 0.2) is 171 Å². The van der Waals surface area contributed by atoms with E-state index in [4.69, 9.17) is 18.9 Å². The van der Waals surface area contributed by atoms with Crippen molar-refractivity contribution >= 4 is 20.0 Å². The fourth-order valence-corrected chi connectivity index (χ4v) is 11.2. The molecule has 0 fully saturated rings. The van der Waals surface area contributed by atoms with Crippen LogP contribution in [0.1, 0.15) is 59.3 Å². The average molecular weight is 961 g/mol. The van der Waals surface area contributed by atoms with Gasteiger partial charge in [-0.05, 0) is 121 Å². The van der Waals surface area contributed by atoms with E-state index in [-0.39, 0.29) is 26.2 Å². The molecule has 2 atom stereocenters. The zero-order valence-corrected chi connectivity index (χ0v) is 41.2. The summed E-state index contributed by atoms with van der Waals surface area (Å²) in [7, 11) is -0.923. The van der Waals surface area contributed by atoms with Gasteiger partial charge in [-0.2, -0.15) is 8.61 Å². The van der Waals surface area contributed by atoms with Gasteiger partial charge in [0.2, 0.25) is 20.0 Å². The van der Waals surface area contributed by atoms with Crippen LogP contribution in [0.4, 0.5) is 0 Å². The van der Waals surface area contributed by atoms with Crippen LogP contribution in [0.25, 0.3) is 0 Å². The number of aromatic nitrogens is 2. The van der Waals surface area contributed by atoms with Crippen molar-refractivity contribution in [2.45, 2.75) is 75.2 Å². The Labute approximate surface area is 404 Å². The molecule has 0 amide bonds. The summed E-state index contributed by atoms with van der Waals surface area (Å²) in [4.78, 5) is 8.74. The number of nitrogens with zero attached hydrogens (tertiary/aromatic N) is 4. The minimum absolute atomic E-state index is 0.255. The molecule has 4 aromatic carbocycles. The first-order chi connectivity index (χ1) is 32.9. The molecule has 0 aliphatic rings. The zero-order chi connectivity index (χ0) is 48.8. The van der Waals surface area contributed by atoms with Crippen LogP contribution in [0, 0.1) is 0 Å². The predicted octanol–water partition coefficient (Wildman–Crippen LogP) is 10.0. The average Bonchev–Trinajstić information content (AvgIpc) is 3.37. The van der Waals surface area contributed by atoms with Crippen LogP contribution < -0.4 is 18.9 Å². The molecule has 0 saturated heterocycles. The number of ether oxygens (including phenoxy) is 4. The first kappa shape index (κ1) is 52.6. The molecule has 14 heteroatoms. The second-order valence-electron chi connectivity index (χ2n) is 16.0. The fourth-order valence-electron chi connectivity index (χ4n) is 7.46. The highest BCUT2D eigenvalue weighted by molar-refractivity contribution is 7.90. The summed E-state index contributed by atoms with van der Waals surface area (Å²) in [5, 5.41) is -1.23. The number of hydrogen-bond donors (Lipinski definition) is 0. The van der Waals surface area contributed by atoms with Crippen molar-refractivity contribution in [1.29, 1.82) is 0 Å². The lowest BCUT2D eigenvalue weighted by molar-refractivity contribution is 0.388. The molecule has 6 rings (SSSR count). The largest absolute Gasteiger partial charge is 0.497 e. The third kappa shape index (κ3) is 15.9. The van der Waals surface area contributed by atoms with E-state index < -0.39 is 30.5 Å². The third-order valence-corrected chi connectivity index (χ3v) is 15.8. The normalized spacial score (nSPS) is 12.3. The lowest BCUT2D eigenvalue weighted by atomic mass is 10.1. The van der Waals surface area contributed by atoms with Crippen molar-refractivity contribution in [1.82, 2.24) is 18.6 Å². The van der Waals surface area contributed by atoms with Gasteiger partial charge in [-0.3, -0.25) is 9.97 Å². The Morgan fingerprint density at radius 2 is 0.735 bits per heavy atom. The van der Waals surface area contributed by atoms with Gasteiger partial charge < -0.3 is 18.9 Å². The van der Waals surface area contributed by atoms with Crippen LogP contribution in [0.5, 0.6) is 23.0 Å². The molecule has 2 heterocycles. The van der Waals surface area contributed by atoms with E-state index in [0.29, 0.717) is 38.5 Å². The molecule has 2 aromatic heterocycles. The molecule has 6 aromatic rings. The summed E-state index contributed by atoms with van der Waals surface area (Å²) < 4.78 is 80.2. The van der Waals surface area contributed by atoms with E-state index in [1.54, 1.807) is 61.6 Å². The van der Waals surface area contributed by atoms with Gasteiger partial charge in [0.25, 0.3) is 0 Å². The number of sulfonamides is 2. The summed E-state index contributed by atoms with van der Waals surface area (Å²) in [6, 6.07) is 41.1. The van der Waals surface area contributed by atoms with Crippen molar-refractivity contribution in [2.75, 3.05) is 28.4 Å². The first-order valence-electron chi connectivity index (χ1n) is 22.4. The van der Waals surface area contributed by atoms with Crippen molar-refractivity contribution in [2.24, 2.45) is 0 Å². The van der Waals surface area contributed by atoms with Crippen molar-refractivity contribution < 1.29 is 35.8 Å². The Morgan fingerprint density at radius 3 is 0.956 bits per heavy atom. The van der Waals surface area contributed by atoms with E-state index in [2.05, 4.69) is 23.1 Å². The topological polar surface area (TPSA) is 137 Å². The Hall–Kier alpha value is -6.32. The molecule has 0 saturated carbocycles. The molecular weight excluding hydrogens is 897 g/mol. The second-order valence-corrected chi connectivity index (χ2v) is 20.5. The fraction of sp³-hybridized carbons (Fsp3) is 0.296. The van der Waals surface area contributed by atoms with Gasteiger partial charge in [-0.15, -0.1) is 13.2 Å². The van der Waals surface area contributed by atoms with Crippen LogP contribution in [-0.2, 0) is 59.1 Å². The Balaban J connectivity index is 0.000000254. The van der Waals surface area contributed by atoms with Crippen molar-refractivity contribution in [3.8, 4) is 23.0 Å². The molecule has 0 N–H and O–H groups in total. The second kappa shape index (κ2) is 26.9. The van der Waals surface area contributed by atoms with E-state index in [9.17, 15) is 16.8 Å². The molecule has 360 valence electrons. The van der Waals surface area contributed by atoms with Gasteiger partial charge in [0, 0.05) is 62.8 Å². The number of methoxy groups -OCH3 is 4. The number of pyridine rings is 2. The van der Waals surface area contributed by atoms with Crippen LogP contribution in [0.3, 0.4) is 0 Å². The first-order valence-corrected chi connectivity index (χ1v) is 25.4. The number of rotatable bonds is 26. The van der Waals surface area contributed by atoms with E-state index in [0.717, 1.165) is 56.6 Å². The van der Waals surface area contributed by atoms with E-state index in [1.165, 1.54) is 0 Å². The highest BCUT2D eigenvalue weighted by Crippen LogP contribution is 2.27. The molecule has 2 unspecified atom stereocenters. The molecule has 0 spiro atoms. The molecule has 12 nitrogen and oxygen atoms in total. The highest BCUT2D eigenvalue weighted by atomic mass is 32.2. The van der Waals surface area contributed by atoms with Gasteiger partial charge in [0.05, 0.1) is 38.9 Å². The van der Waals surface area contributed by atoms with Gasteiger partial charge in [-0.1, -0.05) is 72.8 Å². The zero-order valence-electron chi connectivity index (χ0n) is 39.5. The SMILES string of the molecule is C=CCCC(Cc1ccccn1)S(=O)(=O)N(Cc1ccc(OC)cc1)Cc1ccc(OC)cc1.C=CCCC(Cc1ccccn1)S(=O)(=O)N(Cc1ccc(OC)cc1)Cc1ccc(OC)cc1. The smallest absolute Gasteiger partial charge is 0.217 e. The summed E-state index contributed by atoms with van der Waals surface area (Å²) in [5.74, 6) is 2.92. The van der Waals surface area contributed by atoms with Gasteiger partial charge in [0.15, 0.2) is 0 Å². The third-order valence-electron chi connectivity index (χ3n) is 11.3. The number of hydrogen-bond acceptors (Lipinski definition) is 10. The number of benzene rings is 4. The summed E-state index contributed by atoms with van der Waals surface area (Å²) in [6.07, 6.45) is 9.77. The Kier molecular flexibility index (Phi) is 20.8. The monoisotopic (exact) mass is 960 g/mol. The summed E-state index contributed by atoms with van der Waals surface area (Å²) in [5.41, 5.74) is 5.07. The quantitative estimate of drug-likeness (QED) is 0.0483.